The zero-order chi connectivity index (χ0) is 9.28. The highest BCUT2D eigenvalue weighted by molar-refractivity contribution is 8.05. The van der Waals surface area contributed by atoms with Gasteiger partial charge in [-0.3, -0.25) is 0 Å². The standard InChI is InChI=1S/CH7NO6P2S/c1-11-2(9(3,4)5)10(6,7)8/h1H3,(H2,3,4,5)(H2,6,7,8). The van der Waals surface area contributed by atoms with Gasteiger partial charge in [0.05, 0.1) is 0 Å². The predicted octanol–water partition coefficient (Wildman–Crippen LogP) is -0.248. The van der Waals surface area contributed by atoms with Gasteiger partial charge in [-0.25, -0.2) is 9.13 Å². The molecule has 0 fully saturated rings. The highest BCUT2D eigenvalue weighted by Gasteiger charge is 2.39. The first kappa shape index (κ1) is 11.6. The molecule has 0 aromatic heterocycles. The van der Waals surface area contributed by atoms with Crippen molar-refractivity contribution in [2.24, 2.45) is 0 Å². The molecule has 10 heteroatoms. The highest BCUT2D eigenvalue weighted by Crippen LogP contribution is 2.61. The van der Waals surface area contributed by atoms with Gasteiger partial charge < -0.3 is 19.6 Å². The van der Waals surface area contributed by atoms with Gasteiger partial charge in [0.25, 0.3) is 0 Å². The highest BCUT2D eigenvalue weighted by atomic mass is 32.2. The van der Waals surface area contributed by atoms with Gasteiger partial charge in [-0.1, -0.05) is 15.8 Å². The van der Waals surface area contributed by atoms with Crippen LogP contribution in [0.1, 0.15) is 0 Å². The van der Waals surface area contributed by atoms with Crippen molar-refractivity contribution in [1.29, 1.82) is 0 Å². The number of rotatable bonds is 3. The van der Waals surface area contributed by atoms with Gasteiger partial charge in [-0.15, -0.1) is 0 Å². The molecule has 0 saturated carbocycles. The minimum absolute atomic E-state index is 0.250. The van der Waals surface area contributed by atoms with E-state index in [4.69, 9.17) is 19.6 Å². The van der Waals surface area contributed by atoms with E-state index in [-0.39, 0.29) is 3.85 Å². The van der Waals surface area contributed by atoms with Crippen LogP contribution in [-0.2, 0) is 9.13 Å². The fraction of sp³-hybridized carbons (Fsp3) is 1.00. The minimum Gasteiger partial charge on any atom is -0.312 e. The van der Waals surface area contributed by atoms with Gasteiger partial charge in [0.1, 0.15) is 0 Å². The van der Waals surface area contributed by atoms with Crippen molar-refractivity contribution in [3.05, 3.63) is 0 Å². The molecule has 0 heterocycles. The third-order valence-corrected chi connectivity index (χ3v) is 5.48. The van der Waals surface area contributed by atoms with Crippen molar-refractivity contribution < 1.29 is 28.7 Å². The SMILES string of the molecule is CSN(P(=O)(O)O)P(=O)(O)O. The van der Waals surface area contributed by atoms with Crippen LogP contribution in [-0.4, -0.2) is 29.7 Å². The maximum atomic E-state index is 10.3. The van der Waals surface area contributed by atoms with Gasteiger partial charge in [0.2, 0.25) is 0 Å². The average molecular weight is 223 g/mol. The van der Waals surface area contributed by atoms with Gasteiger partial charge in [0.15, 0.2) is 0 Å². The molecule has 0 aromatic rings. The lowest BCUT2D eigenvalue weighted by molar-refractivity contribution is 0.310. The molecule has 0 saturated heterocycles. The summed E-state index contributed by atoms with van der Waals surface area (Å²) in [6, 6.07) is 0. The molecule has 0 amide bonds. The Morgan fingerprint density at radius 3 is 1.36 bits per heavy atom. The van der Waals surface area contributed by atoms with E-state index in [2.05, 4.69) is 0 Å². The summed E-state index contributed by atoms with van der Waals surface area (Å²) in [5, 5.41) is 0. The lowest BCUT2D eigenvalue weighted by Crippen LogP contribution is -2.07. The second-order valence-corrected chi connectivity index (χ2v) is 5.90. The van der Waals surface area contributed by atoms with Crippen LogP contribution in [0.5, 0.6) is 0 Å². The molecule has 0 aliphatic rings. The topological polar surface area (TPSA) is 118 Å². The zero-order valence-electron chi connectivity index (χ0n) is 5.36. The largest absolute Gasteiger partial charge is 0.422 e. The first-order valence-electron chi connectivity index (χ1n) is 2.16. The third kappa shape index (κ3) is 3.68. The Hall–Kier alpha value is 0.610. The summed E-state index contributed by atoms with van der Waals surface area (Å²) in [5.41, 5.74) is 0. The summed E-state index contributed by atoms with van der Waals surface area (Å²) in [4.78, 5) is 33.3. The minimum atomic E-state index is -4.86. The zero-order valence-corrected chi connectivity index (χ0v) is 7.96. The normalized spacial score (nSPS) is 14.0. The number of nitrogens with zero attached hydrogens (tertiary/aromatic N) is 1. The molecule has 0 spiro atoms. The van der Waals surface area contributed by atoms with Crippen molar-refractivity contribution in [3.63, 3.8) is 0 Å². The smallest absolute Gasteiger partial charge is 0.312 e. The Morgan fingerprint density at radius 1 is 1.09 bits per heavy atom. The monoisotopic (exact) mass is 223 g/mol. The molecular formula is CH7NO6P2S. The fourth-order valence-electron chi connectivity index (χ4n) is 0.365. The molecule has 0 aliphatic carbocycles. The quantitative estimate of drug-likeness (QED) is 0.382. The van der Waals surface area contributed by atoms with Crippen LogP contribution >= 0.6 is 27.4 Å². The molecule has 11 heavy (non-hydrogen) atoms. The van der Waals surface area contributed by atoms with Crippen LogP contribution in [0.25, 0.3) is 0 Å². The van der Waals surface area contributed by atoms with Crippen molar-refractivity contribution in [2.45, 2.75) is 0 Å². The fourth-order valence-corrected chi connectivity index (χ4v) is 3.28. The summed E-state index contributed by atoms with van der Waals surface area (Å²) in [6.45, 7) is 0. The van der Waals surface area contributed by atoms with E-state index in [1.165, 1.54) is 0 Å². The molecule has 4 N–H and O–H groups in total. The van der Waals surface area contributed by atoms with E-state index >= 15 is 0 Å². The summed E-state index contributed by atoms with van der Waals surface area (Å²) in [6.07, 6.45) is 1.15. The van der Waals surface area contributed by atoms with Gasteiger partial charge in [-0.05, 0) is 6.26 Å². The lowest BCUT2D eigenvalue weighted by Gasteiger charge is -2.19. The van der Waals surface area contributed by atoms with Crippen molar-refractivity contribution >= 4 is 27.4 Å². The number of hydrogen-bond acceptors (Lipinski definition) is 3. The molecule has 0 atom stereocenters. The maximum absolute atomic E-state index is 10.3. The Kier molecular flexibility index (Phi) is 3.75. The maximum Gasteiger partial charge on any atom is 0.422 e. The van der Waals surface area contributed by atoms with Crippen molar-refractivity contribution in [1.82, 2.24) is 3.85 Å². The van der Waals surface area contributed by atoms with E-state index in [0.717, 1.165) is 6.26 Å². The van der Waals surface area contributed by atoms with Gasteiger partial charge in [-0.2, -0.15) is 0 Å². The van der Waals surface area contributed by atoms with Crippen LogP contribution in [0.2, 0.25) is 0 Å². The molecule has 0 radical (unpaired) electrons. The second-order valence-electron chi connectivity index (χ2n) is 1.46. The summed E-state index contributed by atoms with van der Waals surface area (Å²) >= 11 is 0.291. The van der Waals surface area contributed by atoms with E-state index in [0.29, 0.717) is 11.9 Å². The molecule has 0 unspecified atom stereocenters. The van der Waals surface area contributed by atoms with Crippen LogP contribution in [0, 0.1) is 0 Å². The number of hydrogen-bond donors (Lipinski definition) is 4. The molecular weight excluding hydrogens is 216 g/mol. The molecule has 0 aromatic carbocycles. The predicted molar refractivity (Wildman–Crippen MR) is 39.4 cm³/mol. The average Bonchev–Trinajstić information content (AvgIpc) is 1.56. The van der Waals surface area contributed by atoms with Crippen LogP contribution in [0.15, 0.2) is 0 Å². The Morgan fingerprint density at radius 2 is 1.36 bits per heavy atom. The van der Waals surface area contributed by atoms with Gasteiger partial charge >= 0.3 is 15.5 Å². The molecule has 0 rings (SSSR count). The first-order valence-corrected chi connectivity index (χ1v) is 6.47. The lowest BCUT2D eigenvalue weighted by atomic mass is 12.0. The molecule has 7 nitrogen and oxygen atoms in total. The third-order valence-electron chi connectivity index (χ3n) is 0.609. The first-order chi connectivity index (χ1) is 4.69. The summed E-state index contributed by atoms with van der Waals surface area (Å²) < 4.78 is 20.4. The van der Waals surface area contributed by atoms with E-state index in [9.17, 15) is 9.13 Å². The van der Waals surface area contributed by atoms with Crippen LogP contribution in [0.4, 0.5) is 0 Å². The van der Waals surface area contributed by atoms with E-state index < -0.39 is 15.5 Å². The molecule has 0 bridgehead atoms. The van der Waals surface area contributed by atoms with E-state index in [1.54, 1.807) is 0 Å². The van der Waals surface area contributed by atoms with Gasteiger partial charge in [0, 0.05) is 0 Å². The Bertz CT molecular complexity index is 195. The van der Waals surface area contributed by atoms with Crippen molar-refractivity contribution in [2.75, 3.05) is 6.26 Å². The molecule has 68 valence electrons. The summed E-state index contributed by atoms with van der Waals surface area (Å²) in [7, 11) is -9.73. The summed E-state index contributed by atoms with van der Waals surface area (Å²) in [5.74, 6) is 0. The van der Waals surface area contributed by atoms with Crippen LogP contribution in [0.3, 0.4) is 0 Å². The van der Waals surface area contributed by atoms with Crippen LogP contribution < -0.4 is 0 Å². The Labute approximate surface area is 67.0 Å². The van der Waals surface area contributed by atoms with Crippen molar-refractivity contribution in [3.8, 4) is 0 Å². The van der Waals surface area contributed by atoms with E-state index in [1.807, 2.05) is 0 Å². The Balaban J connectivity index is 4.72. The second kappa shape index (κ2) is 3.55. The molecule has 0 aliphatic heterocycles.